The number of nitrogens with zero attached hydrogens (tertiary/aromatic N) is 1. The fourth-order valence-electron chi connectivity index (χ4n) is 2.75. The number of sulfonamides is 1. The van der Waals surface area contributed by atoms with Crippen LogP contribution >= 0.6 is 12.6 Å². The number of hydrogen-bond donors (Lipinski definition) is 2. The van der Waals surface area contributed by atoms with Crippen LogP contribution in [0.3, 0.4) is 0 Å². The van der Waals surface area contributed by atoms with Crippen molar-refractivity contribution in [2.75, 3.05) is 5.75 Å². The van der Waals surface area contributed by atoms with E-state index in [9.17, 15) is 13.2 Å². The van der Waals surface area contributed by atoms with Gasteiger partial charge in [0, 0.05) is 17.4 Å². The molecule has 0 aliphatic heterocycles. The van der Waals surface area contributed by atoms with Crippen molar-refractivity contribution < 1.29 is 13.2 Å². The summed E-state index contributed by atoms with van der Waals surface area (Å²) < 4.78 is 24.8. The number of thiol groups is 1. The third-order valence-electron chi connectivity index (χ3n) is 4.05. The Kier molecular flexibility index (Phi) is 5.04. The van der Waals surface area contributed by atoms with Crippen LogP contribution in [-0.2, 0) is 10.0 Å². The Bertz CT molecular complexity index is 1050. The van der Waals surface area contributed by atoms with Gasteiger partial charge >= 0.3 is 0 Å². The second-order valence-corrected chi connectivity index (χ2v) is 7.85. The largest absolute Gasteiger partial charge is 0.316 e. The lowest BCUT2D eigenvalue weighted by atomic mass is 10.1. The number of aromatic nitrogens is 1. The standard InChI is InChI=1S/C19H18N2O3S2/c1-13-10-18(14-4-8-17(9-5-14)26(20,23)24)21(11-13)16-6-2-15(3-7-16)19(22)12-25/h2-11,25H,12H2,1H3,(H2,20,23,24). The molecule has 1 heterocycles. The summed E-state index contributed by atoms with van der Waals surface area (Å²) in [6.45, 7) is 1.98. The van der Waals surface area contributed by atoms with Gasteiger partial charge in [0.1, 0.15) is 0 Å². The summed E-state index contributed by atoms with van der Waals surface area (Å²) in [6.07, 6.45) is 1.98. The molecule has 2 N–H and O–H groups in total. The van der Waals surface area contributed by atoms with Crippen molar-refractivity contribution in [3.05, 3.63) is 71.9 Å². The summed E-state index contributed by atoms with van der Waals surface area (Å²) in [5.74, 6) is 0.145. The molecule has 0 saturated heterocycles. The molecule has 0 aliphatic carbocycles. The molecule has 0 spiro atoms. The van der Waals surface area contributed by atoms with E-state index in [1.165, 1.54) is 12.1 Å². The first kappa shape index (κ1) is 18.4. The summed E-state index contributed by atoms with van der Waals surface area (Å²) >= 11 is 4.01. The van der Waals surface area contributed by atoms with Crippen LogP contribution in [-0.4, -0.2) is 24.5 Å². The van der Waals surface area contributed by atoms with Gasteiger partial charge in [0.05, 0.1) is 16.3 Å². The summed E-state index contributed by atoms with van der Waals surface area (Å²) in [6, 6.07) is 15.7. The third kappa shape index (κ3) is 3.75. The Morgan fingerprint density at radius 3 is 2.23 bits per heavy atom. The van der Waals surface area contributed by atoms with E-state index in [1.807, 2.05) is 35.9 Å². The van der Waals surface area contributed by atoms with Gasteiger partial charge in [-0.05, 0) is 60.5 Å². The first-order chi connectivity index (χ1) is 12.3. The number of nitrogens with two attached hydrogens (primary N) is 1. The molecule has 1 aromatic heterocycles. The van der Waals surface area contributed by atoms with E-state index in [0.29, 0.717) is 5.56 Å². The number of rotatable bonds is 5. The van der Waals surface area contributed by atoms with Crippen molar-refractivity contribution in [2.24, 2.45) is 5.14 Å². The van der Waals surface area contributed by atoms with Gasteiger partial charge in [-0.15, -0.1) is 0 Å². The number of benzene rings is 2. The van der Waals surface area contributed by atoms with Crippen LogP contribution in [0.2, 0.25) is 0 Å². The Morgan fingerprint density at radius 1 is 1.08 bits per heavy atom. The number of Topliss-reactive ketones (excluding diaryl/α,β-unsaturated/α-hetero) is 1. The van der Waals surface area contributed by atoms with Crippen LogP contribution in [0.4, 0.5) is 0 Å². The van der Waals surface area contributed by atoms with Crippen molar-refractivity contribution in [3.8, 4) is 16.9 Å². The van der Waals surface area contributed by atoms with E-state index in [-0.39, 0.29) is 16.4 Å². The van der Waals surface area contributed by atoms with Crippen molar-refractivity contribution >= 4 is 28.4 Å². The van der Waals surface area contributed by atoms with Crippen LogP contribution < -0.4 is 5.14 Å². The highest BCUT2D eigenvalue weighted by molar-refractivity contribution is 7.89. The molecule has 3 aromatic rings. The molecule has 26 heavy (non-hydrogen) atoms. The number of aryl methyl sites for hydroxylation is 1. The van der Waals surface area contributed by atoms with Crippen LogP contribution in [0.25, 0.3) is 16.9 Å². The highest BCUT2D eigenvalue weighted by atomic mass is 32.2. The lowest BCUT2D eigenvalue weighted by Crippen LogP contribution is -2.11. The predicted molar refractivity (Wildman–Crippen MR) is 105 cm³/mol. The van der Waals surface area contributed by atoms with Crippen LogP contribution in [0.5, 0.6) is 0 Å². The predicted octanol–water partition coefficient (Wildman–Crippen LogP) is 3.21. The molecule has 0 radical (unpaired) electrons. The average Bonchev–Trinajstić information content (AvgIpc) is 3.02. The summed E-state index contributed by atoms with van der Waals surface area (Å²) in [4.78, 5) is 11.8. The van der Waals surface area contributed by atoms with Crippen molar-refractivity contribution in [3.63, 3.8) is 0 Å². The first-order valence-electron chi connectivity index (χ1n) is 7.86. The van der Waals surface area contributed by atoms with Gasteiger partial charge in [0.25, 0.3) is 0 Å². The molecule has 2 aromatic carbocycles. The maximum atomic E-state index is 11.7. The molecule has 0 atom stereocenters. The van der Waals surface area contributed by atoms with E-state index in [2.05, 4.69) is 12.6 Å². The number of carbonyl (C=O) groups is 1. The van der Waals surface area contributed by atoms with E-state index in [1.54, 1.807) is 24.3 Å². The molecule has 0 amide bonds. The fourth-order valence-corrected chi connectivity index (χ4v) is 3.44. The molecule has 0 saturated carbocycles. The zero-order valence-corrected chi connectivity index (χ0v) is 15.8. The molecule has 5 nitrogen and oxygen atoms in total. The Morgan fingerprint density at radius 2 is 1.69 bits per heavy atom. The highest BCUT2D eigenvalue weighted by Gasteiger charge is 2.12. The van der Waals surface area contributed by atoms with Crippen molar-refractivity contribution in [1.82, 2.24) is 4.57 Å². The summed E-state index contributed by atoms with van der Waals surface area (Å²) in [5.41, 5.74) is 4.36. The molecular formula is C19H18N2O3S2. The molecule has 0 aliphatic rings. The molecule has 7 heteroatoms. The molecule has 3 rings (SSSR count). The fraction of sp³-hybridized carbons (Fsp3) is 0.105. The minimum atomic E-state index is -3.72. The Hall–Kier alpha value is -2.35. The molecule has 0 bridgehead atoms. The van der Waals surface area contributed by atoms with E-state index in [0.717, 1.165) is 22.5 Å². The second kappa shape index (κ2) is 7.11. The summed E-state index contributed by atoms with van der Waals surface area (Å²) in [5, 5.41) is 5.15. The second-order valence-electron chi connectivity index (χ2n) is 5.97. The lowest BCUT2D eigenvalue weighted by Gasteiger charge is -2.10. The Balaban J connectivity index is 2.02. The zero-order valence-electron chi connectivity index (χ0n) is 14.1. The monoisotopic (exact) mass is 386 g/mol. The number of primary sulfonamides is 1. The van der Waals surface area contributed by atoms with Gasteiger partial charge in [-0.3, -0.25) is 4.79 Å². The maximum absolute atomic E-state index is 11.7. The quantitative estimate of drug-likeness (QED) is 0.522. The van der Waals surface area contributed by atoms with Crippen molar-refractivity contribution in [2.45, 2.75) is 11.8 Å². The number of hydrogen-bond acceptors (Lipinski definition) is 4. The lowest BCUT2D eigenvalue weighted by molar-refractivity contribution is 0.102. The number of carbonyl (C=O) groups excluding carboxylic acids is 1. The first-order valence-corrected chi connectivity index (χ1v) is 10.0. The minimum Gasteiger partial charge on any atom is -0.316 e. The maximum Gasteiger partial charge on any atom is 0.238 e. The summed E-state index contributed by atoms with van der Waals surface area (Å²) in [7, 11) is -3.72. The normalized spacial score (nSPS) is 11.5. The number of ketones is 1. The van der Waals surface area contributed by atoms with Crippen LogP contribution in [0.15, 0.2) is 65.7 Å². The van der Waals surface area contributed by atoms with Gasteiger partial charge in [-0.1, -0.05) is 12.1 Å². The van der Waals surface area contributed by atoms with Crippen molar-refractivity contribution in [1.29, 1.82) is 0 Å². The van der Waals surface area contributed by atoms with Gasteiger partial charge < -0.3 is 4.57 Å². The zero-order chi connectivity index (χ0) is 18.9. The average molecular weight is 386 g/mol. The van der Waals surface area contributed by atoms with Gasteiger partial charge in [-0.25, -0.2) is 13.6 Å². The molecule has 0 unspecified atom stereocenters. The smallest absolute Gasteiger partial charge is 0.238 e. The SMILES string of the molecule is Cc1cc(-c2ccc(S(N)(=O)=O)cc2)n(-c2ccc(C(=O)CS)cc2)c1. The van der Waals surface area contributed by atoms with Gasteiger partial charge in [-0.2, -0.15) is 12.6 Å². The van der Waals surface area contributed by atoms with Gasteiger partial charge in [0.15, 0.2) is 5.78 Å². The van der Waals surface area contributed by atoms with Crippen LogP contribution in [0.1, 0.15) is 15.9 Å². The van der Waals surface area contributed by atoms with E-state index in [4.69, 9.17) is 5.14 Å². The molecule has 0 fully saturated rings. The van der Waals surface area contributed by atoms with Crippen LogP contribution in [0, 0.1) is 6.92 Å². The minimum absolute atomic E-state index is 0.0256. The third-order valence-corrected chi connectivity index (χ3v) is 5.26. The molecule has 134 valence electrons. The topological polar surface area (TPSA) is 82.2 Å². The van der Waals surface area contributed by atoms with E-state index < -0.39 is 10.0 Å². The Labute approximate surface area is 157 Å². The van der Waals surface area contributed by atoms with E-state index >= 15 is 0 Å². The molecular weight excluding hydrogens is 368 g/mol. The highest BCUT2D eigenvalue weighted by Crippen LogP contribution is 2.27. The van der Waals surface area contributed by atoms with Gasteiger partial charge in [0.2, 0.25) is 10.0 Å².